The Kier molecular flexibility index (Phi) is 5.47. The molecule has 0 spiro atoms. The van der Waals surface area contributed by atoms with Crippen LogP contribution in [0.3, 0.4) is 0 Å². The first-order valence-electron chi connectivity index (χ1n) is 7.80. The van der Waals surface area contributed by atoms with Crippen molar-refractivity contribution in [1.29, 1.82) is 0 Å². The maximum atomic E-state index is 12.5. The number of rotatable bonds is 5. The third-order valence-electron chi connectivity index (χ3n) is 4.37. The largest absolute Gasteiger partial charge is 0.493 e. The second-order valence-corrected chi connectivity index (χ2v) is 5.83. The van der Waals surface area contributed by atoms with Crippen molar-refractivity contribution >= 4 is 11.9 Å². The van der Waals surface area contributed by atoms with Crippen molar-refractivity contribution in [3.05, 3.63) is 23.8 Å². The average Bonchev–Trinajstić information content (AvgIpc) is 2.80. The molecule has 1 fully saturated rings. The third kappa shape index (κ3) is 3.75. The molecule has 6 nitrogen and oxygen atoms in total. The van der Waals surface area contributed by atoms with E-state index in [0.29, 0.717) is 29.9 Å². The second kappa shape index (κ2) is 7.35. The molecular formula is C17H23NO5. The molecule has 6 heteroatoms. The molecular weight excluding hydrogens is 298 g/mol. The first-order chi connectivity index (χ1) is 11.0. The molecule has 1 aliphatic carbocycles. The molecule has 1 aliphatic rings. The van der Waals surface area contributed by atoms with Crippen LogP contribution in [-0.4, -0.2) is 36.7 Å². The fraction of sp³-hybridized carbons (Fsp3) is 0.529. The van der Waals surface area contributed by atoms with Gasteiger partial charge in [-0.15, -0.1) is 0 Å². The minimum Gasteiger partial charge on any atom is -0.493 e. The molecule has 0 unspecified atom stereocenters. The SMILES string of the molecule is COc1ccc(C(=O)NC2(C(=O)O)CCCCCC2)cc1OC. The van der Waals surface area contributed by atoms with Crippen LogP contribution in [0.4, 0.5) is 0 Å². The van der Waals surface area contributed by atoms with Crippen LogP contribution in [0.2, 0.25) is 0 Å². The number of carboxylic acid groups (broad SMARTS) is 1. The van der Waals surface area contributed by atoms with Gasteiger partial charge in [0.15, 0.2) is 11.5 Å². The van der Waals surface area contributed by atoms with E-state index in [-0.39, 0.29) is 0 Å². The lowest BCUT2D eigenvalue weighted by atomic mass is 9.90. The summed E-state index contributed by atoms with van der Waals surface area (Å²) in [6, 6.07) is 4.79. The summed E-state index contributed by atoms with van der Waals surface area (Å²) in [5.41, 5.74) is -0.826. The van der Waals surface area contributed by atoms with E-state index in [1.54, 1.807) is 18.2 Å². The molecule has 2 N–H and O–H groups in total. The predicted octanol–water partition coefficient (Wildman–Crippen LogP) is 2.61. The zero-order valence-electron chi connectivity index (χ0n) is 13.6. The number of carbonyl (C=O) groups excluding carboxylic acids is 1. The van der Waals surface area contributed by atoms with Gasteiger partial charge in [0.1, 0.15) is 5.54 Å². The summed E-state index contributed by atoms with van der Waals surface area (Å²) in [6.45, 7) is 0. The maximum absolute atomic E-state index is 12.5. The second-order valence-electron chi connectivity index (χ2n) is 5.83. The van der Waals surface area contributed by atoms with Crippen LogP contribution in [0.1, 0.15) is 48.9 Å². The van der Waals surface area contributed by atoms with Gasteiger partial charge in [0.2, 0.25) is 0 Å². The number of ether oxygens (including phenoxy) is 2. The van der Waals surface area contributed by atoms with Crippen molar-refractivity contribution in [1.82, 2.24) is 5.32 Å². The van der Waals surface area contributed by atoms with E-state index < -0.39 is 17.4 Å². The third-order valence-corrected chi connectivity index (χ3v) is 4.37. The average molecular weight is 321 g/mol. The Hall–Kier alpha value is -2.24. The molecule has 1 aromatic carbocycles. The van der Waals surface area contributed by atoms with Crippen LogP contribution in [0.5, 0.6) is 11.5 Å². The zero-order valence-corrected chi connectivity index (χ0v) is 13.6. The van der Waals surface area contributed by atoms with E-state index in [4.69, 9.17) is 9.47 Å². The minimum absolute atomic E-state index is 0.354. The highest BCUT2D eigenvalue weighted by Crippen LogP contribution is 2.30. The highest BCUT2D eigenvalue weighted by molar-refractivity contribution is 5.98. The van der Waals surface area contributed by atoms with Crippen LogP contribution in [0.25, 0.3) is 0 Å². The van der Waals surface area contributed by atoms with E-state index in [9.17, 15) is 14.7 Å². The van der Waals surface area contributed by atoms with Crippen molar-refractivity contribution in [3.8, 4) is 11.5 Å². The van der Waals surface area contributed by atoms with Crippen LogP contribution >= 0.6 is 0 Å². The standard InChI is InChI=1S/C17H23NO5/c1-22-13-8-7-12(11-14(13)23-2)15(19)18-17(16(20)21)9-5-3-4-6-10-17/h7-8,11H,3-6,9-10H2,1-2H3,(H,18,19)(H,20,21). The summed E-state index contributed by atoms with van der Waals surface area (Å²) in [4.78, 5) is 24.3. The summed E-state index contributed by atoms with van der Waals surface area (Å²) in [6.07, 6.45) is 4.53. The molecule has 0 heterocycles. The molecule has 1 aromatic rings. The highest BCUT2D eigenvalue weighted by Gasteiger charge is 2.40. The number of nitrogens with one attached hydrogen (secondary N) is 1. The summed E-state index contributed by atoms with van der Waals surface area (Å²) in [5, 5.41) is 12.4. The fourth-order valence-corrected chi connectivity index (χ4v) is 2.99. The van der Waals surface area contributed by atoms with E-state index in [2.05, 4.69) is 5.32 Å². The van der Waals surface area contributed by atoms with Gasteiger partial charge in [-0.2, -0.15) is 0 Å². The summed E-state index contributed by atoms with van der Waals surface area (Å²) < 4.78 is 10.3. The van der Waals surface area contributed by atoms with E-state index in [0.717, 1.165) is 25.7 Å². The van der Waals surface area contributed by atoms with E-state index in [1.807, 2.05) is 0 Å². The van der Waals surface area contributed by atoms with Gasteiger partial charge in [0.25, 0.3) is 5.91 Å². The lowest BCUT2D eigenvalue weighted by molar-refractivity contribution is -0.145. The maximum Gasteiger partial charge on any atom is 0.329 e. The number of hydrogen-bond donors (Lipinski definition) is 2. The van der Waals surface area contributed by atoms with Gasteiger partial charge in [-0.1, -0.05) is 25.7 Å². The number of hydrogen-bond acceptors (Lipinski definition) is 4. The lowest BCUT2D eigenvalue weighted by Crippen LogP contribution is -2.54. The van der Waals surface area contributed by atoms with Crippen LogP contribution in [0, 0.1) is 0 Å². The van der Waals surface area contributed by atoms with Gasteiger partial charge in [-0.25, -0.2) is 4.79 Å². The molecule has 1 saturated carbocycles. The molecule has 0 atom stereocenters. The van der Waals surface area contributed by atoms with Gasteiger partial charge in [-0.3, -0.25) is 4.79 Å². The Morgan fingerprint density at radius 3 is 2.17 bits per heavy atom. The Morgan fingerprint density at radius 1 is 1.04 bits per heavy atom. The van der Waals surface area contributed by atoms with E-state index in [1.165, 1.54) is 14.2 Å². The highest BCUT2D eigenvalue weighted by atomic mass is 16.5. The first-order valence-corrected chi connectivity index (χ1v) is 7.80. The lowest BCUT2D eigenvalue weighted by Gasteiger charge is -2.29. The normalized spacial score (nSPS) is 17.0. The van der Waals surface area contributed by atoms with Crippen LogP contribution in [-0.2, 0) is 4.79 Å². The van der Waals surface area contributed by atoms with E-state index >= 15 is 0 Å². The monoisotopic (exact) mass is 321 g/mol. The number of amides is 1. The van der Waals surface area contributed by atoms with Crippen LogP contribution < -0.4 is 14.8 Å². The Balaban J connectivity index is 2.23. The number of carboxylic acids is 1. The number of carbonyl (C=O) groups is 2. The number of benzene rings is 1. The number of aliphatic carboxylic acids is 1. The van der Waals surface area contributed by atoms with Gasteiger partial charge >= 0.3 is 5.97 Å². The fourth-order valence-electron chi connectivity index (χ4n) is 2.99. The molecule has 0 bridgehead atoms. The quantitative estimate of drug-likeness (QED) is 0.814. The molecule has 0 aliphatic heterocycles. The molecule has 2 rings (SSSR count). The van der Waals surface area contributed by atoms with Crippen molar-refractivity contribution in [3.63, 3.8) is 0 Å². The van der Waals surface area contributed by atoms with Gasteiger partial charge in [0.05, 0.1) is 14.2 Å². The van der Waals surface area contributed by atoms with Gasteiger partial charge in [0, 0.05) is 5.56 Å². The Bertz CT molecular complexity index is 576. The van der Waals surface area contributed by atoms with Crippen molar-refractivity contribution in [2.75, 3.05) is 14.2 Å². The summed E-state index contributed by atoms with van der Waals surface area (Å²) in [5.74, 6) is -0.416. The topological polar surface area (TPSA) is 84.9 Å². The molecule has 126 valence electrons. The minimum atomic E-state index is -1.18. The Morgan fingerprint density at radius 2 is 1.65 bits per heavy atom. The first kappa shape index (κ1) is 17.1. The summed E-state index contributed by atoms with van der Waals surface area (Å²) >= 11 is 0. The van der Waals surface area contributed by atoms with Gasteiger partial charge in [-0.05, 0) is 31.0 Å². The van der Waals surface area contributed by atoms with Crippen molar-refractivity contribution in [2.24, 2.45) is 0 Å². The molecule has 23 heavy (non-hydrogen) atoms. The zero-order chi connectivity index (χ0) is 16.9. The van der Waals surface area contributed by atoms with Gasteiger partial charge < -0.3 is 19.9 Å². The Labute approximate surface area is 135 Å². The predicted molar refractivity (Wildman–Crippen MR) is 85.1 cm³/mol. The summed E-state index contributed by atoms with van der Waals surface area (Å²) in [7, 11) is 3.01. The van der Waals surface area contributed by atoms with Crippen LogP contribution in [0.15, 0.2) is 18.2 Å². The molecule has 0 radical (unpaired) electrons. The van der Waals surface area contributed by atoms with Crippen molar-refractivity contribution < 1.29 is 24.2 Å². The molecule has 0 aromatic heterocycles. The van der Waals surface area contributed by atoms with Crippen molar-refractivity contribution in [2.45, 2.75) is 44.1 Å². The molecule has 1 amide bonds. The smallest absolute Gasteiger partial charge is 0.329 e. The molecule has 0 saturated heterocycles. The number of methoxy groups -OCH3 is 2.